The van der Waals surface area contributed by atoms with Gasteiger partial charge in [-0.2, -0.15) is 0 Å². The summed E-state index contributed by atoms with van der Waals surface area (Å²) in [5, 5.41) is 9.71. The third-order valence-electron chi connectivity index (χ3n) is 4.04. The molecule has 0 aromatic heterocycles. The summed E-state index contributed by atoms with van der Waals surface area (Å²) in [6.45, 7) is 4.98. The first-order valence-electron chi connectivity index (χ1n) is 7.71. The minimum absolute atomic E-state index is 0.355. The van der Waals surface area contributed by atoms with Crippen LogP contribution in [0.15, 0.2) is 24.3 Å². The molecular formula is C19H24O4. The Labute approximate surface area is 137 Å². The number of benzene rings is 1. The summed E-state index contributed by atoms with van der Waals surface area (Å²) >= 11 is 0. The van der Waals surface area contributed by atoms with Gasteiger partial charge in [0.15, 0.2) is 0 Å². The van der Waals surface area contributed by atoms with Gasteiger partial charge in [-0.25, -0.2) is 0 Å². The quantitative estimate of drug-likeness (QED) is 0.589. The van der Waals surface area contributed by atoms with Gasteiger partial charge in [-0.3, -0.25) is 9.59 Å². The standard InChI is InChI=1S/C19H24O4/c1-5-6-10-17(23-15(3)20)11-12-19(4,18(21)22)16-9-7-8-14(2)13-16/h1,7-9,13,17H,6,10-12H2,2-4H3,(H,21,22). The molecule has 1 aromatic carbocycles. The molecule has 0 fully saturated rings. The number of aliphatic carboxylic acids is 1. The molecule has 0 aliphatic rings. The summed E-state index contributed by atoms with van der Waals surface area (Å²) in [4.78, 5) is 23.0. The van der Waals surface area contributed by atoms with Crippen LogP contribution in [-0.2, 0) is 19.7 Å². The van der Waals surface area contributed by atoms with Gasteiger partial charge >= 0.3 is 11.9 Å². The summed E-state index contributed by atoms with van der Waals surface area (Å²) in [6.07, 6.45) is 6.77. The average molecular weight is 316 g/mol. The first kappa shape index (κ1) is 18.8. The third kappa shape index (κ3) is 5.45. The highest BCUT2D eigenvalue weighted by Crippen LogP contribution is 2.31. The van der Waals surface area contributed by atoms with Crippen molar-refractivity contribution in [2.24, 2.45) is 0 Å². The van der Waals surface area contributed by atoms with E-state index in [0.29, 0.717) is 25.7 Å². The van der Waals surface area contributed by atoms with Crippen LogP contribution in [0.3, 0.4) is 0 Å². The van der Waals surface area contributed by atoms with E-state index in [1.807, 2.05) is 31.2 Å². The summed E-state index contributed by atoms with van der Waals surface area (Å²) in [5.74, 6) is 1.26. The second-order valence-corrected chi connectivity index (χ2v) is 6.02. The number of carbonyl (C=O) groups excluding carboxylic acids is 1. The number of ether oxygens (including phenoxy) is 1. The summed E-state index contributed by atoms with van der Waals surface area (Å²) < 4.78 is 5.26. The number of carbonyl (C=O) groups is 2. The highest BCUT2D eigenvalue weighted by molar-refractivity contribution is 5.80. The highest BCUT2D eigenvalue weighted by atomic mass is 16.5. The first-order chi connectivity index (χ1) is 10.8. The number of carboxylic acid groups (broad SMARTS) is 1. The van der Waals surface area contributed by atoms with Gasteiger partial charge in [0, 0.05) is 13.3 Å². The highest BCUT2D eigenvalue weighted by Gasteiger charge is 2.35. The predicted molar refractivity (Wildman–Crippen MR) is 89.0 cm³/mol. The van der Waals surface area contributed by atoms with E-state index in [-0.39, 0.29) is 12.1 Å². The van der Waals surface area contributed by atoms with Crippen LogP contribution in [0.25, 0.3) is 0 Å². The molecule has 0 aliphatic heterocycles. The Morgan fingerprint density at radius 3 is 2.61 bits per heavy atom. The van der Waals surface area contributed by atoms with E-state index in [0.717, 1.165) is 11.1 Å². The van der Waals surface area contributed by atoms with Crippen molar-refractivity contribution in [2.45, 2.75) is 58.0 Å². The molecule has 0 saturated heterocycles. The van der Waals surface area contributed by atoms with Crippen LogP contribution < -0.4 is 0 Å². The Morgan fingerprint density at radius 2 is 2.09 bits per heavy atom. The molecule has 0 aliphatic carbocycles. The second-order valence-electron chi connectivity index (χ2n) is 6.02. The van der Waals surface area contributed by atoms with Crippen molar-refractivity contribution in [1.29, 1.82) is 0 Å². The predicted octanol–water partition coefficient (Wildman–Crippen LogP) is 3.46. The number of carboxylic acids is 1. The Morgan fingerprint density at radius 1 is 1.39 bits per heavy atom. The molecule has 4 heteroatoms. The molecule has 0 saturated carbocycles. The van der Waals surface area contributed by atoms with E-state index >= 15 is 0 Å². The van der Waals surface area contributed by atoms with Crippen LogP contribution in [0.1, 0.15) is 50.7 Å². The number of rotatable bonds is 8. The van der Waals surface area contributed by atoms with Crippen LogP contribution in [-0.4, -0.2) is 23.1 Å². The molecule has 0 spiro atoms. The minimum atomic E-state index is -1.03. The summed E-state index contributed by atoms with van der Waals surface area (Å²) in [7, 11) is 0. The number of hydrogen-bond acceptors (Lipinski definition) is 3. The molecule has 1 N–H and O–H groups in total. The smallest absolute Gasteiger partial charge is 0.313 e. The Kier molecular flexibility index (Phi) is 6.84. The van der Waals surface area contributed by atoms with E-state index in [1.54, 1.807) is 6.92 Å². The fourth-order valence-electron chi connectivity index (χ4n) is 2.55. The van der Waals surface area contributed by atoms with E-state index < -0.39 is 11.4 Å². The van der Waals surface area contributed by atoms with E-state index in [2.05, 4.69) is 5.92 Å². The van der Waals surface area contributed by atoms with E-state index in [9.17, 15) is 14.7 Å². The Hall–Kier alpha value is -2.28. The topological polar surface area (TPSA) is 63.6 Å². The van der Waals surface area contributed by atoms with Crippen molar-refractivity contribution < 1.29 is 19.4 Å². The molecule has 2 unspecified atom stereocenters. The van der Waals surface area contributed by atoms with Crippen molar-refractivity contribution in [3.05, 3.63) is 35.4 Å². The molecule has 1 rings (SSSR count). The fourth-order valence-corrected chi connectivity index (χ4v) is 2.55. The average Bonchev–Trinajstić information content (AvgIpc) is 2.49. The van der Waals surface area contributed by atoms with Crippen LogP contribution in [0.2, 0.25) is 0 Å². The SMILES string of the molecule is C#CCCC(CCC(C)(C(=O)O)c1cccc(C)c1)OC(C)=O. The molecule has 1 aromatic rings. The lowest BCUT2D eigenvalue weighted by atomic mass is 9.77. The monoisotopic (exact) mass is 316 g/mol. The molecular weight excluding hydrogens is 292 g/mol. The van der Waals surface area contributed by atoms with Gasteiger partial charge in [0.05, 0.1) is 5.41 Å². The van der Waals surface area contributed by atoms with Gasteiger partial charge in [-0.15, -0.1) is 12.3 Å². The normalized spacial score (nSPS) is 14.3. The van der Waals surface area contributed by atoms with Crippen LogP contribution in [0, 0.1) is 19.3 Å². The lowest BCUT2D eigenvalue weighted by molar-refractivity contribution is -0.147. The fraction of sp³-hybridized carbons (Fsp3) is 0.474. The largest absolute Gasteiger partial charge is 0.481 e. The van der Waals surface area contributed by atoms with Gasteiger partial charge in [-0.05, 0) is 38.7 Å². The lowest BCUT2D eigenvalue weighted by Gasteiger charge is -2.28. The van der Waals surface area contributed by atoms with Gasteiger partial charge in [0.1, 0.15) is 6.10 Å². The zero-order chi connectivity index (χ0) is 17.5. The number of hydrogen-bond donors (Lipinski definition) is 1. The maximum absolute atomic E-state index is 11.8. The maximum atomic E-state index is 11.8. The van der Waals surface area contributed by atoms with Crippen LogP contribution in [0.5, 0.6) is 0 Å². The van der Waals surface area contributed by atoms with Crippen molar-refractivity contribution in [3.8, 4) is 12.3 Å². The summed E-state index contributed by atoms with van der Waals surface area (Å²) in [6, 6.07) is 7.49. The number of esters is 1. The number of terminal acetylenes is 1. The Balaban J connectivity index is 2.91. The molecule has 0 bridgehead atoms. The molecule has 23 heavy (non-hydrogen) atoms. The van der Waals surface area contributed by atoms with Gasteiger partial charge in [-0.1, -0.05) is 29.8 Å². The molecule has 4 nitrogen and oxygen atoms in total. The number of aryl methyl sites for hydroxylation is 1. The molecule has 2 atom stereocenters. The second kappa shape index (κ2) is 8.38. The van der Waals surface area contributed by atoms with Gasteiger partial charge in [0.25, 0.3) is 0 Å². The molecule has 0 heterocycles. The van der Waals surface area contributed by atoms with Crippen molar-refractivity contribution in [3.63, 3.8) is 0 Å². The zero-order valence-electron chi connectivity index (χ0n) is 14.0. The van der Waals surface area contributed by atoms with E-state index in [4.69, 9.17) is 11.2 Å². The van der Waals surface area contributed by atoms with Crippen molar-refractivity contribution in [1.82, 2.24) is 0 Å². The van der Waals surface area contributed by atoms with Crippen LogP contribution >= 0.6 is 0 Å². The minimum Gasteiger partial charge on any atom is -0.481 e. The van der Waals surface area contributed by atoms with Gasteiger partial charge in [0.2, 0.25) is 0 Å². The van der Waals surface area contributed by atoms with Crippen molar-refractivity contribution in [2.75, 3.05) is 0 Å². The lowest BCUT2D eigenvalue weighted by Crippen LogP contribution is -2.34. The molecule has 124 valence electrons. The molecule has 0 amide bonds. The summed E-state index contributed by atoms with van der Waals surface area (Å²) in [5.41, 5.74) is 0.739. The van der Waals surface area contributed by atoms with E-state index in [1.165, 1.54) is 6.92 Å². The van der Waals surface area contributed by atoms with Gasteiger partial charge < -0.3 is 9.84 Å². The zero-order valence-corrected chi connectivity index (χ0v) is 14.0. The van der Waals surface area contributed by atoms with Crippen molar-refractivity contribution >= 4 is 11.9 Å². The first-order valence-corrected chi connectivity index (χ1v) is 7.71. The molecule has 0 radical (unpaired) electrons. The third-order valence-corrected chi connectivity index (χ3v) is 4.04. The maximum Gasteiger partial charge on any atom is 0.313 e. The Bertz CT molecular complexity index is 600. The van der Waals surface area contributed by atoms with Crippen LogP contribution in [0.4, 0.5) is 0 Å².